The molecule has 3 aromatic rings. The minimum absolute atomic E-state index is 0.172. The maximum Gasteiger partial charge on any atom is 0.340 e. The van der Waals surface area contributed by atoms with Gasteiger partial charge >= 0.3 is 5.97 Å². The van der Waals surface area contributed by atoms with E-state index in [1.54, 1.807) is 39.0 Å². The van der Waals surface area contributed by atoms with E-state index in [1.165, 1.54) is 0 Å². The number of ether oxygens (including phenoxy) is 1. The maximum atomic E-state index is 12.4. The van der Waals surface area contributed by atoms with Crippen LogP contribution >= 0.6 is 0 Å². The molecule has 2 heterocycles. The molecule has 8 nitrogen and oxygen atoms in total. The van der Waals surface area contributed by atoms with Crippen LogP contribution in [0.1, 0.15) is 49.5 Å². The SMILES string of the molecule is CCOC(=O)c1c(C)[nH]c(C(=O)NNC(=O)c2ccc3ccccc3n2)c1C. The van der Waals surface area contributed by atoms with Gasteiger partial charge in [0.1, 0.15) is 11.4 Å². The average Bonchev–Trinajstić information content (AvgIpc) is 2.99. The number of nitrogens with one attached hydrogen (secondary N) is 3. The summed E-state index contributed by atoms with van der Waals surface area (Å²) in [5.74, 6) is -1.63. The zero-order valence-electron chi connectivity index (χ0n) is 15.8. The Kier molecular flexibility index (Phi) is 5.39. The van der Waals surface area contributed by atoms with E-state index in [0.29, 0.717) is 22.3 Å². The van der Waals surface area contributed by atoms with Gasteiger partial charge in [-0.1, -0.05) is 24.3 Å². The van der Waals surface area contributed by atoms with E-state index in [4.69, 9.17) is 4.74 Å². The van der Waals surface area contributed by atoms with Crippen LogP contribution in [-0.2, 0) is 4.74 Å². The van der Waals surface area contributed by atoms with Gasteiger partial charge in [0.15, 0.2) is 0 Å². The Labute approximate surface area is 161 Å². The van der Waals surface area contributed by atoms with E-state index in [0.717, 1.165) is 5.39 Å². The predicted molar refractivity (Wildman–Crippen MR) is 103 cm³/mol. The minimum atomic E-state index is -0.578. The summed E-state index contributed by atoms with van der Waals surface area (Å²) < 4.78 is 5.01. The van der Waals surface area contributed by atoms with Crippen molar-refractivity contribution >= 4 is 28.7 Å². The monoisotopic (exact) mass is 380 g/mol. The number of carbonyl (C=O) groups excluding carboxylic acids is 3. The Morgan fingerprint density at radius 3 is 2.50 bits per heavy atom. The highest BCUT2D eigenvalue weighted by molar-refractivity contribution is 6.02. The first-order valence-corrected chi connectivity index (χ1v) is 8.75. The lowest BCUT2D eigenvalue weighted by Crippen LogP contribution is -2.42. The van der Waals surface area contributed by atoms with Gasteiger partial charge in [0, 0.05) is 11.1 Å². The van der Waals surface area contributed by atoms with Gasteiger partial charge in [-0.2, -0.15) is 0 Å². The van der Waals surface area contributed by atoms with Gasteiger partial charge in [-0.15, -0.1) is 0 Å². The first-order chi connectivity index (χ1) is 13.4. The lowest BCUT2D eigenvalue weighted by atomic mass is 10.1. The second kappa shape index (κ2) is 7.91. The molecule has 0 spiro atoms. The number of hydrogen-bond donors (Lipinski definition) is 3. The molecule has 2 aromatic heterocycles. The molecule has 3 rings (SSSR count). The highest BCUT2D eigenvalue weighted by Crippen LogP contribution is 2.19. The van der Waals surface area contributed by atoms with Crippen LogP contribution in [0.15, 0.2) is 36.4 Å². The van der Waals surface area contributed by atoms with Crippen molar-refractivity contribution in [1.82, 2.24) is 20.8 Å². The summed E-state index contributed by atoms with van der Waals surface area (Å²) in [6.07, 6.45) is 0. The molecule has 0 unspecified atom stereocenters. The standard InChI is InChI=1S/C20H20N4O4/c1-4-28-20(27)16-11(2)17(21-12(16)3)19(26)24-23-18(25)15-10-9-13-7-5-6-8-14(13)22-15/h5-10,21H,4H2,1-3H3,(H,23,25)(H,24,26). The molecule has 0 atom stereocenters. The van der Waals surface area contributed by atoms with E-state index in [2.05, 4.69) is 20.8 Å². The van der Waals surface area contributed by atoms with Crippen LogP contribution in [-0.4, -0.2) is 34.4 Å². The largest absolute Gasteiger partial charge is 0.462 e. The van der Waals surface area contributed by atoms with Crippen LogP contribution < -0.4 is 10.9 Å². The topological polar surface area (TPSA) is 113 Å². The van der Waals surface area contributed by atoms with Crippen molar-refractivity contribution in [2.45, 2.75) is 20.8 Å². The molecule has 0 bridgehead atoms. The molecule has 3 N–H and O–H groups in total. The molecule has 28 heavy (non-hydrogen) atoms. The maximum absolute atomic E-state index is 12.4. The normalized spacial score (nSPS) is 10.5. The number of aromatic nitrogens is 2. The summed E-state index contributed by atoms with van der Waals surface area (Å²) in [5, 5.41) is 0.909. The number of hydrazine groups is 1. The summed E-state index contributed by atoms with van der Waals surface area (Å²) in [5.41, 5.74) is 6.98. The Morgan fingerprint density at radius 2 is 1.75 bits per heavy atom. The average molecular weight is 380 g/mol. The van der Waals surface area contributed by atoms with Crippen LogP contribution in [0.25, 0.3) is 10.9 Å². The second-order valence-electron chi connectivity index (χ2n) is 6.14. The van der Waals surface area contributed by atoms with Crippen LogP contribution in [0.5, 0.6) is 0 Å². The number of aryl methyl sites for hydroxylation is 1. The third kappa shape index (κ3) is 3.71. The number of rotatable bonds is 4. The fourth-order valence-corrected chi connectivity index (χ4v) is 2.92. The van der Waals surface area contributed by atoms with Gasteiger partial charge in [-0.25, -0.2) is 9.78 Å². The van der Waals surface area contributed by atoms with E-state index < -0.39 is 17.8 Å². The van der Waals surface area contributed by atoms with Crippen LogP contribution in [0.4, 0.5) is 0 Å². The number of fused-ring (bicyclic) bond motifs is 1. The van der Waals surface area contributed by atoms with Crippen LogP contribution in [0.3, 0.4) is 0 Å². The third-order valence-corrected chi connectivity index (χ3v) is 4.26. The number of H-pyrrole nitrogens is 1. The van der Waals surface area contributed by atoms with Gasteiger partial charge in [0.25, 0.3) is 11.8 Å². The Hall–Kier alpha value is -3.68. The minimum Gasteiger partial charge on any atom is -0.462 e. The summed E-state index contributed by atoms with van der Waals surface area (Å²) in [7, 11) is 0. The van der Waals surface area contributed by atoms with Crippen molar-refractivity contribution in [2.24, 2.45) is 0 Å². The number of esters is 1. The Morgan fingerprint density at radius 1 is 1.04 bits per heavy atom. The Bertz CT molecular complexity index is 1070. The van der Waals surface area contributed by atoms with Crippen molar-refractivity contribution in [3.63, 3.8) is 0 Å². The number of nitrogens with zero attached hydrogens (tertiary/aromatic N) is 1. The number of aromatic amines is 1. The van der Waals surface area contributed by atoms with Gasteiger partial charge in [0.2, 0.25) is 0 Å². The van der Waals surface area contributed by atoms with Crippen molar-refractivity contribution in [1.29, 1.82) is 0 Å². The van der Waals surface area contributed by atoms with Crippen LogP contribution in [0, 0.1) is 13.8 Å². The summed E-state index contributed by atoms with van der Waals surface area (Å²) >= 11 is 0. The molecule has 0 fully saturated rings. The first kappa shape index (κ1) is 19.1. The highest BCUT2D eigenvalue weighted by atomic mass is 16.5. The fraction of sp³-hybridized carbons (Fsp3) is 0.200. The molecule has 1 aromatic carbocycles. The molecule has 0 saturated heterocycles. The quantitative estimate of drug-likeness (QED) is 0.475. The molecular weight excluding hydrogens is 360 g/mol. The smallest absolute Gasteiger partial charge is 0.340 e. The molecule has 144 valence electrons. The molecule has 0 aliphatic carbocycles. The molecule has 0 aliphatic rings. The van der Waals surface area contributed by atoms with Crippen molar-refractivity contribution in [2.75, 3.05) is 6.61 Å². The zero-order chi connectivity index (χ0) is 20.3. The van der Waals surface area contributed by atoms with Gasteiger partial charge in [-0.3, -0.25) is 20.4 Å². The van der Waals surface area contributed by atoms with Crippen LogP contribution in [0.2, 0.25) is 0 Å². The number of benzene rings is 1. The molecule has 8 heteroatoms. The molecule has 0 saturated carbocycles. The van der Waals surface area contributed by atoms with E-state index in [-0.39, 0.29) is 18.0 Å². The van der Waals surface area contributed by atoms with Gasteiger partial charge in [0.05, 0.1) is 17.7 Å². The van der Waals surface area contributed by atoms with Gasteiger partial charge in [-0.05, 0) is 38.5 Å². The van der Waals surface area contributed by atoms with Crippen molar-refractivity contribution in [3.8, 4) is 0 Å². The molecule has 2 amide bonds. The van der Waals surface area contributed by atoms with Crippen molar-refractivity contribution < 1.29 is 19.1 Å². The number of pyridine rings is 1. The summed E-state index contributed by atoms with van der Waals surface area (Å²) in [4.78, 5) is 43.9. The summed E-state index contributed by atoms with van der Waals surface area (Å²) in [6, 6.07) is 10.8. The lowest BCUT2D eigenvalue weighted by Gasteiger charge is -2.07. The third-order valence-electron chi connectivity index (χ3n) is 4.26. The highest BCUT2D eigenvalue weighted by Gasteiger charge is 2.23. The van der Waals surface area contributed by atoms with E-state index in [9.17, 15) is 14.4 Å². The zero-order valence-corrected chi connectivity index (χ0v) is 15.8. The molecule has 0 radical (unpaired) electrons. The Balaban J connectivity index is 1.72. The van der Waals surface area contributed by atoms with E-state index in [1.807, 2.05) is 18.2 Å². The van der Waals surface area contributed by atoms with Gasteiger partial charge < -0.3 is 9.72 Å². The number of amides is 2. The lowest BCUT2D eigenvalue weighted by molar-refractivity contribution is 0.0524. The van der Waals surface area contributed by atoms with Crippen molar-refractivity contribution in [3.05, 3.63) is 64.6 Å². The predicted octanol–water partition coefficient (Wildman–Crippen LogP) is 2.43. The first-order valence-electron chi connectivity index (χ1n) is 8.75. The van der Waals surface area contributed by atoms with E-state index >= 15 is 0 Å². The molecular formula is C20H20N4O4. The number of carbonyl (C=O) groups is 3. The second-order valence-corrected chi connectivity index (χ2v) is 6.14. The summed E-state index contributed by atoms with van der Waals surface area (Å²) in [6.45, 7) is 5.25. The number of para-hydroxylation sites is 1. The molecule has 0 aliphatic heterocycles. The number of hydrogen-bond acceptors (Lipinski definition) is 5. The fourth-order valence-electron chi connectivity index (χ4n) is 2.92.